The van der Waals surface area contributed by atoms with Crippen molar-refractivity contribution < 1.29 is 8.42 Å². The molecule has 0 fully saturated rings. The van der Waals surface area contributed by atoms with E-state index < -0.39 is 10.0 Å². The van der Waals surface area contributed by atoms with Gasteiger partial charge in [-0.1, -0.05) is 13.8 Å². The van der Waals surface area contributed by atoms with E-state index in [0.717, 1.165) is 19.5 Å². The first-order valence-corrected chi connectivity index (χ1v) is 8.51. The Morgan fingerprint density at radius 2 is 1.95 bits per heavy atom. The molecule has 0 aliphatic rings. The lowest BCUT2D eigenvalue weighted by Gasteiger charge is -2.16. The summed E-state index contributed by atoms with van der Waals surface area (Å²) in [5, 5.41) is 7.58. The molecule has 116 valence electrons. The van der Waals surface area contributed by atoms with Crippen LogP contribution in [-0.4, -0.2) is 49.2 Å². The van der Waals surface area contributed by atoms with E-state index in [9.17, 15) is 8.42 Å². The van der Waals surface area contributed by atoms with Crippen LogP contribution in [-0.2, 0) is 16.6 Å². The maximum Gasteiger partial charge on any atom is 0.246 e. The largest absolute Gasteiger partial charge is 0.315 e. The standard InChI is InChI=1S/C13H26N4O2S/c1-6-9-16(5)20(18,19)13-11(3)15-17(12(13)4)10-8-14-7-2/h14H,6-10H2,1-5H3. The second-order valence-electron chi connectivity index (χ2n) is 4.90. The van der Waals surface area contributed by atoms with Gasteiger partial charge in [0.05, 0.1) is 17.9 Å². The molecule has 7 heteroatoms. The predicted molar refractivity (Wildman–Crippen MR) is 80.4 cm³/mol. The molecule has 0 aromatic carbocycles. The van der Waals surface area contributed by atoms with Crippen LogP contribution in [0, 0.1) is 13.8 Å². The van der Waals surface area contributed by atoms with Crippen LogP contribution in [0.5, 0.6) is 0 Å². The van der Waals surface area contributed by atoms with Gasteiger partial charge in [0.2, 0.25) is 10.0 Å². The van der Waals surface area contributed by atoms with Gasteiger partial charge in [-0.05, 0) is 26.8 Å². The fourth-order valence-electron chi connectivity index (χ4n) is 2.22. The van der Waals surface area contributed by atoms with Gasteiger partial charge >= 0.3 is 0 Å². The third-order valence-corrected chi connectivity index (χ3v) is 5.38. The molecule has 6 nitrogen and oxygen atoms in total. The normalized spacial score (nSPS) is 12.3. The van der Waals surface area contributed by atoms with Crippen LogP contribution < -0.4 is 5.32 Å². The van der Waals surface area contributed by atoms with Gasteiger partial charge in [0, 0.05) is 20.1 Å². The number of rotatable bonds is 8. The SMILES string of the molecule is CCCN(C)S(=O)(=O)c1c(C)nn(CCNCC)c1C. The summed E-state index contributed by atoms with van der Waals surface area (Å²) in [5.41, 5.74) is 1.28. The third-order valence-electron chi connectivity index (χ3n) is 3.27. The molecular weight excluding hydrogens is 276 g/mol. The fourth-order valence-corrected chi connectivity index (χ4v) is 3.85. The molecule has 0 aliphatic heterocycles. The maximum atomic E-state index is 12.6. The zero-order valence-corrected chi connectivity index (χ0v) is 13.9. The van der Waals surface area contributed by atoms with E-state index in [0.29, 0.717) is 29.4 Å². The number of nitrogens with zero attached hydrogens (tertiary/aromatic N) is 3. The molecule has 20 heavy (non-hydrogen) atoms. The minimum atomic E-state index is -3.44. The monoisotopic (exact) mass is 302 g/mol. The van der Waals surface area contributed by atoms with Crippen molar-refractivity contribution in [1.29, 1.82) is 0 Å². The first kappa shape index (κ1) is 17.1. The van der Waals surface area contributed by atoms with E-state index in [-0.39, 0.29) is 0 Å². The third kappa shape index (κ3) is 3.59. The molecule has 0 atom stereocenters. The van der Waals surface area contributed by atoms with Crippen molar-refractivity contribution in [2.75, 3.05) is 26.7 Å². The lowest BCUT2D eigenvalue weighted by atomic mass is 10.4. The molecule has 0 saturated carbocycles. The second kappa shape index (κ2) is 7.19. The Labute approximate surface area is 122 Å². The highest BCUT2D eigenvalue weighted by molar-refractivity contribution is 7.89. The molecule has 0 spiro atoms. The number of aromatic nitrogens is 2. The molecule has 0 saturated heterocycles. The molecule has 1 aromatic rings. The lowest BCUT2D eigenvalue weighted by molar-refractivity contribution is 0.467. The summed E-state index contributed by atoms with van der Waals surface area (Å²) in [7, 11) is -1.82. The van der Waals surface area contributed by atoms with Crippen LogP contribution in [0.4, 0.5) is 0 Å². The molecule has 0 amide bonds. The highest BCUT2D eigenvalue weighted by Gasteiger charge is 2.27. The van der Waals surface area contributed by atoms with Crippen molar-refractivity contribution in [3.63, 3.8) is 0 Å². The van der Waals surface area contributed by atoms with Gasteiger partial charge in [-0.25, -0.2) is 12.7 Å². The molecule has 0 radical (unpaired) electrons. The molecule has 1 N–H and O–H groups in total. The van der Waals surface area contributed by atoms with Gasteiger partial charge in [-0.3, -0.25) is 4.68 Å². The van der Waals surface area contributed by atoms with Crippen LogP contribution >= 0.6 is 0 Å². The summed E-state index contributed by atoms with van der Waals surface area (Å²) < 4.78 is 28.3. The van der Waals surface area contributed by atoms with Crippen molar-refractivity contribution in [1.82, 2.24) is 19.4 Å². The first-order valence-electron chi connectivity index (χ1n) is 7.07. The summed E-state index contributed by atoms with van der Waals surface area (Å²) in [6, 6.07) is 0. The van der Waals surface area contributed by atoms with E-state index >= 15 is 0 Å². The quantitative estimate of drug-likeness (QED) is 0.731. The Morgan fingerprint density at radius 1 is 1.30 bits per heavy atom. The number of aryl methyl sites for hydroxylation is 1. The molecule has 0 aliphatic carbocycles. The molecule has 1 heterocycles. The highest BCUT2D eigenvalue weighted by atomic mass is 32.2. The minimum absolute atomic E-state index is 0.352. The Hall–Kier alpha value is -0.920. The van der Waals surface area contributed by atoms with E-state index in [1.54, 1.807) is 18.7 Å². The average Bonchev–Trinajstić information content (AvgIpc) is 2.65. The molecule has 1 aromatic heterocycles. The summed E-state index contributed by atoms with van der Waals surface area (Å²) in [6.45, 7) is 10.4. The summed E-state index contributed by atoms with van der Waals surface area (Å²) in [5.74, 6) is 0. The first-order chi connectivity index (χ1) is 9.36. The predicted octanol–water partition coefficient (Wildman–Crippen LogP) is 1.14. The van der Waals surface area contributed by atoms with Crippen molar-refractivity contribution in [2.24, 2.45) is 0 Å². The van der Waals surface area contributed by atoms with Gasteiger partial charge in [-0.2, -0.15) is 5.10 Å². The Bertz CT molecular complexity index is 537. The van der Waals surface area contributed by atoms with E-state index in [1.165, 1.54) is 4.31 Å². The summed E-state index contributed by atoms with van der Waals surface area (Å²) >= 11 is 0. The summed E-state index contributed by atoms with van der Waals surface area (Å²) in [4.78, 5) is 0.352. The lowest BCUT2D eigenvalue weighted by Crippen LogP contribution is -2.28. The molecular formula is C13H26N4O2S. The number of hydrogen-bond donors (Lipinski definition) is 1. The number of likely N-dealkylation sites (N-methyl/N-ethyl adjacent to an activating group) is 1. The van der Waals surface area contributed by atoms with Gasteiger partial charge in [0.25, 0.3) is 0 Å². The van der Waals surface area contributed by atoms with Gasteiger partial charge < -0.3 is 5.32 Å². The zero-order valence-electron chi connectivity index (χ0n) is 13.1. The van der Waals surface area contributed by atoms with Crippen molar-refractivity contribution in [3.05, 3.63) is 11.4 Å². The topological polar surface area (TPSA) is 67.2 Å². The molecule has 0 bridgehead atoms. The van der Waals surface area contributed by atoms with E-state index in [1.807, 2.05) is 20.8 Å². The highest BCUT2D eigenvalue weighted by Crippen LogP contribution is 2.22. The second-order valence-corrected chi connectivity index (χ2v) is 6.88. The van der Waals surface area contributed by atoms with Gasteiger partial charge in [0.1, 0.15) is 4.90 Å². The smallest absolute Gasteiger partial charge is 0.246 e. The Kier molecular flexibility index (Phi) is 6.16. The maximum absolute atomic E-state index is 12.6. The van der Waals surface area contributed by atoms with Gasteiger partial charge in [0.15, 0.2) is 0 Å². The van der Waals surface area contributed by atoms with Crippen molar-refractivity contribution in [2.45, 2.75) is 45.6 Å². The Morgan fingerprint density at radius 3 is 2.50 bits per heavy atom. The fraction of sp³-hybridized carbons (Fsp3) is 0.769. The van der Waals surface area contributed by atoms with Crippen LogP contribution in [0.15, 0.2) is 4.90 Å². The molecule has 1 rings (SSSR count). The van der Waals surface area contributed by atoms with E-state index in [2.05, 4.69) is 10.4 Å². The Balaban J connectivity index is 3.07. The zero-order chi connectivity index (χ0) is 15.3. The minimum Gasteiger partial charge on any atom is -0.315 e. The number of hydrogen-bond acceptors (Lipinski definition) is 4. The van der Waals surface area contributed by atoms with Crippen LogP contribution in [0.2, 0.25) is 0 Å². The average molecular weight is 302 g/mol. The van der Waals surface area contributed by atoms with E-state index in [4.69, 9.17) is 0 Å². The number of nitrogens with one attached hydrogen (secondary N) is 1. The van der Waals surface area contributed by atoms with Crippen LogP contribution in [0.1, 0.15) is 31.7 Å². The van der Waals surface area contributed by atoms with Crippen LogP contribution in [0.3, 0.4) is 0 Å². The number of sulfonamides is 1. The summed E-state index contributed by atoms with van der Waals surface area (Å²) in [6.07, 6.45) is 0.794. The van der Waals surface area contributed by atoms with Crippen molar-refractivity contribution in [3.8, 4) is 0 Å². The molecule has 0 unspecified atom stereocenters. The van der Waals surface area contributed by atoms with Crippen LogP contribution in [0.25, 0.3) is 0 Å². The van der Waals surface area contributed by atoms with Gasteiger partial charge in [-0.15, -0.1) is 0 Å². The van der Waals surface area contributed by atoms with Crippen molar-refractivity contribution >= 4 is 10.0 Å².